The first kappa shape index (κ1) is 41.1. The van der Waals surface area contributed by atoms with Crippen molar-refractivity contribution in [1.29, 1.82) is 0 Å². The largest absolute Gasteiger partial charge is 0.354 e. The minimum absolute atomic E-state index is 0.336. The van der Waals surface area contributed by atoms with Crippen molar-refractivity contribution in [1.82, 2.24) is 0 Å². The van der Waals surface area contributed by atoms with E-state index < -0.39 is 11.6 Å². The van der Waals surface area contributed by atoms with E-state index in [4.69, 9.17) is 0 Å². The lowest BCUT2D eigenvalue weighted by molar-refractivity contribution is 0.606. The molecule has 0 spiro atoms. The van der Waals surface area contributed by atoms with Crippen LogP contribution in [0.5, 0.6) is 0 Å². The summed E-state index contributed by atoms with van der Waals surface area (Å²) in [7, 11) is 0. The van der Waals surface area contributed by atoms with Gasteiger partial charge in [0.05, 0.1) is 39.7 Å². The van der Waals surface area contributed by atoms with Crippen LogP contribution >= 0.6 is 0 Å². The lowest BCUT2D eigenvalue weighted by Crippen LogP contribution is -2.20. The van der Waals surface area contributed by atoms with Gasteiger partial charge in [-0.1, -0.05) is 65.2 Å². The summed E-state index contributed by atoms with van der Waals surface area (Å²) in [6.07, 6.45) is 0. The van der Waals surface area contributed by atoms with Crippen LogP contribution in [0.3, 0.4) is 0 Å². The molecule has 0 unspecified atom stereocenters. The zero-order chi connectivity index (χ0) is 42.3. The molecule has 0 saturated heterocycles. The highest BCUT2D eigenvalue weighted by atomic mass is 19.1. The highest BCUT2D eigenvalue weighted by Crippen LogP contribution is 2.43. The van der Waals surface area contributed by atoms with Crippen LogP contribution in [-0.2, 0) is 0 Å². The predicted molar refractivity (Wildman–Crippen MR) is 248 cm³/mol. The molecule has 0 aliphatic rings. The molecule has 0 saturated carbocycles. The van der Waals surface area contributed by atoms with E-state index in [-0.39, 0.29) is 0 Å². The van der Waals surface area contributed by atoms with Crippen molar-refractivity contribution in [2.24, 2.45) is 0 Å². The zero-order valence-electron chi connectivity index (χ0n) is 36.5. The van der Waals surface area contributed by atoms with Gasteiger partial charge in [0.25, 0.3) is 0 Å². The maximum atomic E-state index is 17.2. The van der Waals surface area contributed by atoms with Crippen LogP contribution in [-0.4, -0.2) is 13.1 Å². The van der Waals surface area contributed by atoms with Gasteiger partial charge in [-0.15, -0.1) is 0 Å². The molecule has 0 bridgehead atoms. The van der Waals surface area contributed by atoms with E-state index in [1.807, 2.05) is 54.6 Å². The average molecular weight is 785 g/mol. The highest BCUT2D eigenvalue weighted by Gasteiger charge is 2.33. The summed E-state index contributed by atoms with van der Waals surface area (Å²) in [5.74, 6) is -0.333. The van der Waals surface area contributed by atoms with Crippen molar-refractivity contribution >= 4 is 44.9 Å². The van der Waals surface area contributed by atoms with Gasteiger partial charge in [-0.25, -0.2) is 0 Å². The zero-order valence-corrected chi connectivity index (χ0v) is 36.5. The van der Waals surface area contributed by atoms with Gasteiger partial charge in [-0.05, 0) is 158 Å². The second-order valence-electron chi connectivity index (χ2n) is 16.3. The van der Waals surface area contributed by atoms with Gasteiger partial charge in [0, 0.05) is 53.1 Å². The third-order valence-corrected chi connectivity index (χ3v) is 11.6. The van der Waals surface area contributed by atoms with Crippen molar-refractivity contribution in [2.45, 2.75) is 76.2 Å². The number of aryl methyl sites for hydroxylation is 9. The van der Waals surface area contributed by atoms with Gasteiger partial charge < -0.3 is 15.1 Å². The second-order valence-corrected chi connectivity index (χ2v) is 16.3. The highest BCUT2D eigenvalue weighted by molar-refractivity contribution is 6.00. The summed E-state index contributed by atoms with van der Waals surface area (Å²) in [6, 6.07) is 36.0. The summed E-state index contributed by atoms with van der Waals surface area (Å²) < 4.78 is 34.4. The van der Waals surface area contributed by atoms with E-state index in [0.717, 1.165) is 83.8 Å². The van der Waals surface area contributed by atoms with Crippen LogP contribution in [0.4, 0.5) is 42.9 Å². The summed E-state index contributed by atoms with van der Waals surface area (Å²) in [6.45, 7) is 24.4. The molecule has 0 amide bonds. The van der Waals surface area contributed by atoms with Crippen LogP contribution in [0.1, 0.15) is 80.6 Å². The first-order chi connectivity index (χ1) is 28.2. The van der Waals surface area contributed by atoms with Gasteiger partial charge in [0.15, 0.2) is 11.6 Å². The number of nitrogens with zero attached hydrogens (tertiary/aromatic N) is 2. The van der Waals surface area contributed by atoms with Crippen molar-refractivity contribution < 1.29 is 8.78 Å². The number of benzene rings is 7. The van der Waals surface area contributed by atoms with E-state index in [9.17, 15) is 0 Å². The average Bonchev–Trinajstić information content (AvgIpc) is 3.17. The molecule has 0 aliphatic carbocycles. The Labute approximate surface area is 350 Å². The molecule has 1 N–H and O–H groups in total. The van der Waals surface area contributed by atoms with Crippen molar-refractivity contribution in [3.05, 3.63) is 194 Å². The molecule has 0 fully saturated rings. The van der Waals surface area contributed by atoms with Crippen LogP contribution in [0.2, 0.25) is 0 Å². The molecular formula is C54H56F2N3+. The van der Waals surface area contributed by atoms with Gasteiger partial charge in [0.1, 0.15) is 0 Å². The molecule has 7 rings (SSSR count). The fraction of sp³-hybridized carbons (Fsp3) is 0.241. The number of nitrogens with one attached hydrogen (secondary N) is 1. The molecule has 0 radical (unpaired) electrons. The summed E-state index contributed by atoms with van der Waals surface area (Å²) >= 11 is 0. The number of rotatable bonds is 11. The van der Waals surface area contributed by atoms with E-state index in [2.05, 4.69) is 134 Å². The van der Waals surface area contributed by atoms with Crippen LogP contribution in [0.15, 0.2) is 109 Å². The van der Waals surface area contributed by atoms with E-state index >= 15 is 8.78 Å². The molecule has 7 aromatic rings. The monoisotopic (exact) mass is 784 g/mol. The van der Waals surface area contributed by atoms with Crippen LogP contribution < -0.4 is 15.1 Å². The molecule has 0 atom stereocenters. The SMILES string of the molecule is CCN(c1ccc([C+](c2ccc(N(CC)c3c(C)cc(C)cc3C)cc2F)c2ccc(Nc3c(C)cc(C)cc3C)c3ccccc23)c(F)c1)c1c(C)cc(C)cc1C. The first-order valence-corrected chi connectivity index (χ1v) is 20.7. The lowest BCUT2D eigenvalue weighted by Gasteiger charge is -2.28. The fourth-order valence-corrected chi connectivity index (χ4v) is 9.46. The number of hydrogen-bond donors (Lipinski definition) is 1. The molecule has 0 aromatic heterocycles. The van der Waals surface area contributed by atoms with Gasteiger partial charge in [0.2, 0.25) is 0 Å². The molecule has 0 aliphatic heterocycles. The number of anilines is 6. The Balaban J connectivity index is 1.41. The Bertz CT molecular complexity index is 2530. The Morgan fingerprint density at radius 1 is 0.458 bits per heavy atom. The maximum Gasteiger partial charge on any atom is 0.180 e. The molecule has 59 heavy (non-hydrogen) atoms. The lowest BCUT2D eigenvalue weighted by atomic mass is 9.81. The molecule has 0 heterocycles. The summed E-state index contributed by atoms with van der Waals surface area (Å²) in [5.41, 5.74) is 17.5. The quantitative estimate of drug-likeness (QED) is 0.104. The Morgan fingerprint density at radius 3 is 1.25 bits per heavy atom. The Hall–Kier alpha value is -6.07. The standard InChI is InChI=1S/C54H56F2N3/c1-12-58(53-37(8)26-33(4)27-38(53)9)41-18-20-46(48(55)30-41)51(47-21-19-42(31-49(47)56)59(13-2)54-39(10)28-34(5)29-40(54)11)45-22-23-50(44-17-15-14-16-43(44)45)57-52-35(6)24-32(3)25-36(52)7/h14-31,57H,12-13H2,1-11H3/q+1. The maximum absolute atomic E-state index is 17.2. The summed E-state index contributed by atoms with van der Waals surface area (Å²) in [5, 5.41) is 5.57. The van der Waals surface area contributed by atoms with Crippen molar-refractivity contribution in [3.8, 4) is 0 Å². The topological polar surface area (TPSA) is 18.5 Å². The van der Waals surface area contributed by atoms with E-state index in [1.165, 1.54) is 16.7 Å². The normalized spacial score (nSPS) is 11.3. The fourth-order valence-electron chi connectivity index (χ4n) is 9.46. The molecular weight excluding hydrogens is 729 g/mol. The number of hydrogen-bond acceptors (Lipinski definition) is 3. The van der Waals surface area contributed by atoms with Crippen molar-refractivity contribution in [3.63, 3.8) is 0 Å². The Kier molecular flexibility index (Phi) is 11.6. The third kappa shape index (κ3) is 7.91. The minimum atomic E-state index is -0.417. The summed E-state index contributed by atoms with van der Waals surface area (Å²) in [4.78, 5) is 4.32. The van der Waals surface area contributed by atoms with E-state index in [0.29, 0.717) is 30.1 Å². The van der Waals surface area contributed by atoms with Crippen LogP contribution in [0, 0.1) is 79.9 Å². The van der Waals surface area contributed by atoms with Gasteiger partial charge in [-0.3, -0.25) is 0 Å². The molecule has 5 heteroatoms. The minimum Gasteiger partial charge on any atom is -0.354 e. The van der Waals surface area contributed by atoms with Gasteiger partial charge >= 0.3 is 0 Å². The van der Waals surface area contributed by atoms with Crippen molar-refractivity contribution in [2.75, 3.05) is 28.2 Å². The third-order valence-electron chi connectivity index (χ3n) is 11.6. The predicted octanol–water partition coefficient (Wildman–Crippen LogP) is 15.0. The molecule has 3 nitrogen and oxygen atoms in total. The van der Waals surface area contributed by atoms with E-state index in [1.54, 1.807) is 12.1 Å². The molecule has 300 valence electrons. The molecule has 7 aromatic carbocycles. The Morgan fingerprint density at radius 2 is 0.847 bits per heavy atom. The van der Waals surface area contributed by atoms with Gasteiger partial charge in [-0.2, -0.15) is 8.78 Å². The second kappa shape index (κ2) is 16.7. The smallest absolute Gasteiger partial charge is 0.180 e. The number of fused-ring (bicyclic) bond motifs is 1. The number of halogens is 2. The van der Waals surface area contributed by atoms with Crippen LogP contribution in [0.25, 0.3) is 10.8 Å². The first-order valence-electron chi connectivity index (χ1n) is 20.7.